The number of amidine groups is 1. The van der Waals surface area contributed by atoms with Crippen molar-refractivity contribution in [2.24, 2.45) is 10.9 Å². The second kappa shape index (κ2) is 10.8. The molecule has 1 atom stereocenters. The Labute approximate surface area is 201 Å². The van der Waals surface area contributed by atoms with Crippen LogP contribution >= 0.6 is 11.8 Å². The zero-order valence-corrected chi connectivity index (χ0v) is 19.5. The van der Waals surface area contributed by atoms with Gasteiger partial charge in [0.05, 0.1) is 24.2 Å². The van der Waals surface area contributed by atoms with Gasteiger partial charge in [-0.05, 0) is 43.2 Å². The molecule has 0 aromatic heterocycles. The highest BCUT2D eigenvalue weighted by atomic mass is 32.2. The lowest BCUT2D eigenvalue weighted by molar-refractivity contribution is -0.143. The summed E-state index contributed by atoms with van der Waals surface area (Å²) < 4.78 is 89.5. The molecule has 2 aromatic rings. The van der Waals surface area contributed by atoms with Crippen LogP contribution in [0.5, 0.6) is 11.5 Å². The fourth-order valence-electron chi connectivity index (χ4n) is 3.42. The average Bonchev–Trinajstić information content (AvgIpc) is 2.78. The van der Waals surface area contributed by atoms with E-state index in [0.717, 1.165) is 11.6 Å². The van der Waals surface area contributed by atoms with E-state index in [1.165, 1.54) is 24.9 Å². The van der Waals surface area contributed by atoms with Crippen molar-refractivity contribution in [1.82, 2.24) is 5.32 Å². The smallest absolute Gasteiger partial charge is 0.416 e. The number of rotatable bonds is 7. The summed E-state index contributed by atoms with van der Waals surface area (Å²) in [5, 5.41) is 3.33. The fourth-order valence-corrected chi connectivity index (χ4v) is 4.44. The Hall–Kier alpha value is -2.89. The van der Waals surface area contributed by atoms with Gasteiger partial charge >= 0.3 is 12.4 Å². The van der Waals surface area contributed by atoms with E-state index in [1.54, 1.807) is 12.1 Å². The lowest BCUT2D eigenvalue weighted by Gasteiger charge is -2.23. The first kappa shape index (κ1) is 26.7. The van der Waals surface area contributed by atoms with Crippen molar-refractivity contribution in [1.29, 1.82) is 0 Å². The summed E-state index contributed by atoms with van der Waals surface area (Å²) in [7, 11) is 1.35. The molecule has 0 spiro atoms. The molecule has 5 nitrogen and oxygen atoms in total. The van der Waals surface area contributed by atoms with Gasteiger partial charge in [0.25, 0.3) is 0 Å². The van der Waals surface area contributed by atoms with Crippen molar-refractivity contribution in [2.45, 2.75) is 32.3 Å². The first-order valence-electron chi connectivity index (χ1n) is 10.5. The number of hydrogen-bond donors (Lipinski definition) is 1. The first-order chi connectivity index (χ1) is 16.4. The van der Waals surface area contributed by atoms with Crippen molar-refractivity contribution < 1.29 is 40.6 Å². The summed E-state index contributed by atoms with van der Waals surface area (Å²) in [5.74, 6) is 0.412. The largest absolute Gasteiger partial charge is 0.493 e. The minimum atomic E-state index is -4.99. The van der Waals surface area contributed by atoms with Crippen LogP contribution in [0.1, 0.15) is 29.2 Å². The van der Waals surface area contributed by atoms with Gasteiger partial charge in [0.1, 0.15) is 6.61 Å². The topological polar surface area (TPSA) is 59.9 Å². The van der Waals surface area contributed by atoms with Crippen molar-refractivity contribution in [3.63, 3.8) is 0 Å². The van der Waals surface area contributed by atoms with Crippen LogP contribution in [0, 0.1) is 5.92 Å². The van der Waals surface area contributed by atoms with Gasteiger partial charge < -0.3 is 14.8 Å². The summed E-state index contributed by atoms with van der Waals surface area (Å²) in [5.41, 5.74) is -2.52. The molecule has 0 unspecified atom stereocenters. The molecule has 0 radical (unpaired) electrons. The fraction of sp³-hybridized carbons (Fsp3) is 0.391. The molecule has 2 aromatic carbocycles. The molecule has 1 amide bonds. The van der Waals surface area contributed by atoms with Crippen molar-refractivity contribution in [3.05, 3.63) is 58.7 Å². The third-order valence-corrected chi connectivity index (χ3v) is 6.23. The molecule has 0 bridgehead atoms. The number of methoxy groups -OCH3 is 1. The summed E-state index contributed by atoms with van der Waals surface area (Å²) in [6, 6.07) is 6.16. The van der Waals surface area contributed by atoms with Crippen LogP contribution in [0.2, 0.25) is 0 Å². The van der Waals surface area contributed by atoms with E-state index in [4.69, 9.17) is 9.47 Å². The number of thioether (sulfide) groups is 1. The molecular formula is C23H22F6N2O3S. The van der Waals surface area contributed by atoms with E-state index in [9.17, 15) is 31.1 Å². The van der Waals surface area contributed by atoms with Gasteiger partial charge in [-0.15, -0.1) is 0 Å². The van der Waals surface area contributed by atoms with E-state index < -0.39 is 35.6 Å². The number of nitrogens with zero attached hydrogens (tertiary/aromatic N) is 1. The second-order valence-corrected chi connectivity index (χ2v) is 8.63. The molecule has 0 saturated carbocycles. The Balaban J connectivity index is 1.74. The van der Waals surface area contributed by atoms with Crippen LogP contribution in [-0.4, -0.2) is 30.5 Å². The molecule has 35 heavy (non-hydrogen) atoms. The van der Waals surface area contributed by atoms with Gasteiger partial charge in [0.15, 0.2) is 16.7 Å². The highest BCUT2D eigenvalue weighted by molar-refractivity contribution is 8.14. The summed E-state index contributed by atoms with van der Waals surface area (Å²) in [6.07, 6.45) is -9.50. The molecule has 0 aliphatic carbocycles. The Morgan fingerprint density at radius 2 is 1.80 bits per heavy atom. The minimum absolute atomic E-state index is 0.0723. The lowest BCUT2D eigenvalue weighted by Crippen LogP contribution is -2.41. The van der Waals surface area contributed by atoms with Crippen LogP contribution in [0.3, 0.4) is 0 Å². The van der Waals surface area contributed by atoms with Crippen LogP contribution in [0.25, 0.3) is 0 Å². The molecular weight excluding hydrogens is 498 g/mol. The zero-order chi connectivity index (χ0) is 25.8. The van der Waals surface area contributed by atoms with E-state index in [0.29, 0.717) is 30.0 Å². The standard InChI is InChI=1S/C23H22F6N2O3S/c1-3-30-21-31-20(32)15(12-35-21)8-13-4-7-18(19(9-13)33-2)34-11-14-5-6-16(22(24,25)26)10-17(14)23(27,28)29/h4-7,9-10,15H,3,8,11-12H2,1-2H3,(H,30,31,32)/t15-/m0/s1. The molecule has 1 aliphatic heterocycles. The molecule has 12 heteroatoms. The van der Waals surface area contributed by atoms with Crippen molar-refractivity contribution in [2.75, 3.05) is 19.4 Å². The molecule has 1 N–H and O–H groups in total. The predicted molar refractivity (Wildman–Crippen MR) is 120 cm³/mol. The van der Waals surface area contributed by atoms with E-state index in [2.05, 4.69) is 10.3 Å². The number of halogens is 6. The molecule has 1 heterocycles. The maximum atomic E-state index is 13.4. The van der Waals surface area contributed by atoms with Gasteiger partial charge in [0, 0.05) is 17.9 Å². The van der Waals surface area contributed by atoms with E-state index in [-0.39, 0.29) is 29.4 Å². The molecule has 190 valence electrons. The highest BCUT2D eigenvalue weighted by Gasteiger charge is 2.38. The molecule has 1 saturated heterocycles. The number of carbonyl (C=O) groups is 1. The van der Waals surface area contributed by atoms with Crippen LogP contribution in [-0.2, 0) is 30.2 Å². The Morgan fingerprint density at radius 3 is 2.40 bits per heavy atom. The SMILES string of the molecule is CCN=C1NC(=O)[C@@H](Cc2ccc(OCc3ccc(C(F)(F)F)cc3C(F)(F)F)c(OC)c2)CS1. The summed E-state index contributed by atoms with van der Waals surface area (Å²) in [6.45, 7) is 1.80. The van der Waals surface area contributed by atoms with Gasteiger partial charge in [0.2, 0.25) is 5.91 Å². The first-order valence-corrected chi connectivity index (χ1v) is 11.5. The maximum Gasteiger partial charge on any atom is 0.416 e. The third-order valence-electron chi connectivity index (χ3n) is 5.16. The van der Waals surface area contributed by atoms with Gasteiger partial charge in [-0.25, -0.2) is 0 Å². The average molecular weight is 520 g/mol. The van der Waals surface area contributed by atoms with Gasteiger partial charge in [-0.1, -0.05) is 23.9 Å². The van der Waals surface area contributed by atoms with Gasteiger partial charge in [-0.2, -0.15) is 26.3 Å². The number of ether oxygens (including phenoxy) is 2. The Kier molecular flexibility index (Phi) is 8.24. The number of alkyl halides is 6. The number of carbonyl (C=O) groups excluding carboxylic acids is 1. The highest BCUT2D eigenvalue weighted by Crippen LogP contribution is 2.38. The van der Waals surface area contributed by atoms with Gasteiger partial charge in [-0.3, -0.25) is 9.79 Å². The predicted octanol–water partition coefficient (Wildman–Crippen LogP) is 5.71. The molecule has 1 fully saturated rings. The quantitative estimate of drug-likeness (QED) is 0.476. The minimum Gasteiger partial charge on any atom is -0.493 e. The van der Waals surface area contributed by atoms with Crippen molar-refractivity contribution >= 4 is 22.8 Å². The van der Waals surface area contributed by atoms with E-state index >= 15 is 0 Å². The second-order valence-electron chi connectivity index (χ2n) is 7.62. The van der Waals surface area contributed by atoms with E-state index in [1.807, 2.05) is 6.92 Å². The summed E-state index contributed by atoms with van der Waals surface area (Å²) >= 11 is 1.44. The maximum absolute atomic E-state index is 13.4. The molecule has 3 rings (SSSR count). The van der Waals surface area contributed by atoms with Crippen LogP contribution in [0.15, 0.2) is 41.4 Å². The number of nitrogens with one attached hydrogen (secondary N) is 1. The monoisotopic (exact) mass is 520 g/mol. The number of hydrogen-bond acceptors (Lipinski definition) is 5. The zero-order valence-electron chi connectivity index (χ0n) is 18.7. The summed E-state index contributed by atoms with van der Waals surface area (Å²) in [4.78, 5) is 16.5. The normalized spacial score (nSPS) is 17.9. The third kappa shape index (κ3) is 6.83. The number of aliphatic imine (C=N–C) groups is 1. The number of benzene rings is 2. The molecule has 1 aliphatic rings. The lowest BCUT2D eigenvalue weighted by atomic mass is 9.99. The van der Waals surface area contributed by atoms with Crippen molar-refractivity contribution in [3.8, 4) is 11.5 Å². The van der Waals surface area contributed by atoms with Crippen LogP contribution < -0.4 is 14.8 Å². The Bertz CT molecular complexity index is 1100. The van der Waals surface area contributed by atoms with Crippen LogP contribution in [0.4, 0.5) is 26.3 Å². The number of amides is 1. The Morgan fingerprint density at radius 1 is 1.06 bits per heavy atom.